The van der Waals surface area contributed by atoms with Crippen molar-refractivity contribution < 1.29 is 14.5 Å². The molecule has 0 saturated carbocycles. The van der Waals surface area contributed by atoms with Gasteiger partial charge in [-0.3, -0.25) is 0 Å². The molecule has 1 fully saturated rings. The van der Waals surface area contributed by atoms with E-state index in [-0.39, 0.29) is 0 Å². The molecule has 1 aliphatic rings. The lowest BCUT2D eigenvalue weighted by Gasteiger charge is -2.28. The molecular weight excluding hydrogens is 250 g/mol. The lowest BCUT2D eigenvalue weighted by molar-refractivity contribution is -1.01. The number of benzene rings is 1. The van der Waals surface area contributed by atoms with E-state index in [1.807, 2.05) is 12.1 Å². The molecule has 0 bridgehead atoms. The van der Waals surface area contributed by atoms with E-state index in [1.165, 1.54) is 39.3 Å². The molecule has 0 atom stereocenters. The Hall–Kier alpha value is -1.57. The highest BCUT2D eigenvalue weighted by Crippen LogP contribution is 2.11. The number of nitrogens with one attached hydrogen (secondary N) is 2. The van der Waals surface area contributed by atoms with Crippen LogP contribution in [0.3, 0.4) is 0 Å². The molecule has 1 heterocycles. The Labute approximate surface area is 121 Å². The zero-order chi connectivity index (χ0) is 14.2. The molecule has 2 N–H and O–H groups in total. The van der Waals surface area contributed by atoms with Gasteiger partial charge in [0.05, 0.1) is 31.3 Å². The first kappa shape index (κ1) is 14.8. The summed E-state index contributed by atoms with van der Waals surface area (Å²) in [7, 11) is 0. The molecule has 4 heteroatoms. The molecule has 0 unspecified atom stereocenters. The fourth-order valence-electron chi connectivity index (χ4n) is 2.70. The fraction of sp³-hybridized carbons (Fsp3) is 0.562. The summed E-state index contributed by atoms with van der Waals surface area (Å²) in [6.07, 6.45) is 1.09. The first-order chi connectivity index (χ1) is 9.81. The Morgan fingerprint density at radius 2 is 1.75 bits per heavy atom. The number of piperazine rings is 1. The molecular formula is C16H25N3O+2. The molecule has 0 radical (unpaired) electrons. The third-order valence-corrected chi connectivity index (χ3v) is 4.09. The van der Waals surface area contributed by atoms with Crippen LogP contribution in [0.25, 0.3) is 0 Å². The maximum atomic E-state index is 8.73. The Morgan fingerprint density at radius 3 is 2.35 bits per heavy atom. The van der Waals surface area contributed by atoms with Crippen LogP contribution in [0.15, 0.2) is 24.3 Å². The Balaban J connectivity index is 1.60. The van der Waals surface area contributed by atoms with Crippen molar-refractivity contribution in [3.8, 4) is 11.8 Å². The third kappa shape index (κ3) is 4.52. The van der Waals surface area contributed by atoms with Crippen molar-refractivity contribution >= 4 is 0 Å². The van der Waals surface area contributed by atoms with Gasteiger partial charge in [-0.1, -0.05) is 0 Å². The molecule has 0 aromatic heterocycles. The number of nitrogens with zero attached hydrogens (tertiary/aromatic N) is 1. The summed E-state index contributed by atoms with van der Waals surface area (Å²) in [4.78, 5) is 3.45. The minimum Gasteiger partial charge on any atom is -0.493 e. The number of likely N-dealkylation sites (N-methyl/N-ethyl adjacent to an activating group) is 1. The van der Waals surface area contributed by atoms with Gasteiger partial charge in [0.1, 0.15) is 31.9 Å². The average molecular weight is 275 g/mol. The standard InChI is InChI=1S/C16H23N3O/c1-2-18-9-11-19(12-10-18)8-3-13-20-16-6-4-15(14-17)5-7-16/h4-7H,2-3,8-13H2,1H3/p+2. The van der Waals surface area contributed by atoms with Crippen molar-refractivity contribution in [1.29, 1.82) is 5.26 Å². The fourth-order valence-corrected chi connectivity index (χ4v) is 2.70. The molecule has 108 valence electrons. The van der Waals surface area contributed by atoms with Crippen LogP contribution in [-0.4, -0.2) is 45.9 Å². The Bertz CT molecular complexity index is 430. The summed E-state index contributed by atoms with van der Waals surface area (Å²) < 4.78 is 5.71. The van der Waals surface area contributed by atoms with Crippen LogP contribution in [0.4, 0.5) is 0 Å². The summed E-state index contributed by atoms with van der Waals surface area (Å²) in [5.74, 6) is 0.860. The largest absolute Gasteiger partial charge is 0.493 e. The van der Waals surface area contributed by atoms with E-state index in [0.29, 0.717) is 5.56 Å². The van der Waals surface area contributed by atoms with Gasteiger partial charge in [-0.05, 0) is 31.2 Å². The molecule has 0 amide bonds. The number of rotatable bonds is 6. The lowest BCUT2D eigenvalue weighted by Crippen LogP contribution is -3.28. The molecule has 20 heavy (non-hydrogen) atoms. The summed E-state index contributed by atoms with van der Waals surface area (Å²) >= 11 is 0. The van der Waals surface area contributed by atoms with E-state index in [4.69, 9.17) is 10.00 Å². The van der Waals surface area contributed by atoms with E-state index in [2.05, 4.69) is 13.0 Å². The minimum atomic E-state index is 0.679. The van der Waals surface area contributed by atoms with Crippen molar-refractivity contribution in [1.82, 2.24) is 0 Å². The zero-order valence-corrected chi connectivity index (χ0v) is 12.3. The molecule has 1 aromatic carbocycles. The van der Waals surface area contributed by atoms with Crippen LogP contribution >= 0.6 is 0 Å². The molecule has 0 spiro atoms. The monoisotopic (exact) mass is 275 g/mol. The Kier molecular flexibility index (Phi) is 5.85. The van der Waals surface area contributed by atoms with Crippen LogP contribution in [0, 0.1) is 11.3 Å². The first-order valence-electron chi connectivity index (χ1n) is 7.62. The van der Waals surface area contributed by atoms with E-state index in [1.54, 1.807) is 21.9 Å². The lowest BCUT2D eigenvalue weighted by atomic mass is 10.2. The van der Waals surface area contributed by atoms with Gasteiger partial charge in [0.2, 0.25) is 0 Å². The van der Waals surface area contributed by atoms with Crippen LogP contribution in [-0.2, 0) is 0 Å². The molecule has 1 saturated heterocycles. The predicted octanol–water partition coefficient (Wildman–Crippen LogP) is -0.870. The summed E-state index contributed by atoms with van der Waals surface area (Å²) in [6, 6.07) is 9.45. The number of ether oxygens (including phenoxy) is 1. The van der Waals surface area contributed by atoms with Crippen molar-refractivity contribution in [2.75, 3.05) is 45.9 Å². The number of nitriles is 1. The quantitative estimate of drug-likeness (QED) is 0.663. The second-order valence-corrected chi connectivity index (χ2v) is 5.44. The van der Waals surface area contributed by atoms with E-state index in [0.717, 1.165) is 18.8 Å². The zero-order valence-electron chi connectivity index (χ0n) is 12.3. The summed E-state index contributed by atoms with van der Waals surface area (Å²) in [5.41, 5.74) is 0.679. The Morgan fingerprint density at radius 1 is 1.10 bits per heavy atom. The average Bonchev–Trinajstić information content (AvgIpc) is 2.53. The van der Waals surface area contributed by atoms with E-state index < -0.39 is 0 Å². The topological polar surface area (TPSA) is 41.9 Å². The molecule has 4 nitrogen and oxygen atoms in total. The second-order valence-electron chi connectivity index (χ2n) is 5.44. The molecule has 1 aromatic rings. The highest BCUT2D eigenvalue weighted by atomic mass is 16.5. The van der Waals surface area contributed by atoms with Crippen molar-refractivity contribution in [2.45, 2.75) is 13.3 Å². The van der Waals surface area contributed by atoms with Crippen LogP contribution in [0.2, 0.25) is 0 Å². The highest BCUT2D eigenvalue weighted by molar-refractivity contribution is 5.34. The molecule has 2 rings (SSSR count). The van der Waals surface area contributed by atoms with Crippen molar-refractivity contribution in [3.63, 3.8) is 0 Å². The van der Waals surface area contributed by atoms with Gasteiger partial charge in [-0.2, -0.15) is 5.26 Å². The SMILES string of the molecule is CC[NH+]1CC[NH+](CCCOc2ccc(C#N)cc2)CC1. The molecule has 1 aliphatic heterocycles. The van der Waals surface area contributed by atoms with Crippen LogP contribution in [0.5, 0.6) is 5.75 Å². The van der Waals surface area contributed by atoms with Gasteiger partial charge in [-0.25, -0.2) is 0 Å². The second kappa shape index (κ2) is 7.88. The van der Waals surface area contributed by atoms with Crippen LogP contribution < -0.4 is 14.5 Å². The highest BCUT2D eigenvalue weighted by Gasteiger charge is 2.20. The normalized spacial score (nSPS) is 22.2. The number of quaternary nitrogens is 2. The maximum absolute atomic E-state index is 8.73. The minimum absolute atomic E-state index is 0.679. The molecule has 0 aliphatic carbocycles. The van der Waals surface area contributed by atoms with Crippen LogP contribution in [0.1, 0.15) is 18.9 Å². The first-order valence-corrected chi connectivity index (χ1v) is 7.62. The summed E-state index contributed by atoms with van der Waals surface area (Å²) in [5, 5.41) is 8.73. The van der Waals surface area contributed by atoms with Crippen molar-refractivity contribution in [2.24, 2.45) is 0 Å². The van der Waals surface area contributed by atoms with Gasteiger partial charge in [0.25, 0.3) is 0 Å². The summed E-state index contributed by atoms with van der Waals surface area (Å²) in [6.45, 7) is 10.7. The van der Waals surface area contributed by atoms with Gasteiger partial charge in [0.15, 0.2) is 0 Å². The van der Waals surface area contributed by atoms with Gasteiger partial charge in [0, 0.05) is 6.42 Å². The van der Waals surface area contributed by atoms with Crippen molar-refractivity contribution in [3.05, 3.63) is 29.8 Å². The van der Waals surface area contributed by atoms with Gasteiger partial charge in [-0.15, -0.1) is 0 Å². The van der Waals surface area contributed by atoms with Gasteiger partial charge >= 0.3 is 0 Å². The van der Waals surface area contributed by atoms with E-state index in [9.17, 15) is 0 Å². The maximum Gasteiger partial charge on any atom is 0.127 e. The third-order valence-electron chi connectivity index (χ3n) is 4.09. The van der Waals surface area contributed by atoms with Gasteiger partial charge < -0.3 is 14.5 Å². The number of hydrogen-bond acceptors (Lipinski definition) is 2. The van der Waals surface area contributed by atoms with E-state index >= 15 is 0 Å². The predicted molar refractivity (Wildman–Crippen MR) is 78.1 cm³/mol. The smallest absolute Gasteiger partial charge is 0.127 e. The number of hydrogen-bond donors (Lipinski definition) is 2.